The first-order valence-corrected chi connectivity index (χ1v) is 7.85. The summed E-state index contributed by atoms with van der Waals surface area (Å²) in [6.45, 7) is 2.37. The van der Waals surface area contributed by atoms with E-state index in [9.17, 15) is 0 Å². The van der Waals surface area contributed by atoms with Crippen LogP contribution in [-0.2, 0) is 0 Å². The predicted octanol–water partition coefficient (Wildman–Crippen LogP) is 3.89. The van der Waals surface area contributed by atoms with Crippen LogP contribution in [0.3, 0.4) is 0 Å². The highest BCUT2D eigenvalue weighted by atomic mass is 15.2. The van der Waals surface area contributed by atoms with Gasteiger partial charge in [0.05, 0.1) is 0 Å². The summed E-state index contributed by atoms with van der Waals surface area (Å²) >= 11 is 0. The minimum atomic E-state index is 0.331. The van der Waals surface area contributed by atoms with Gasteiger partial charge in [0.25, 0.3) is 0 Å². The first kappa shape index (κ1) is 13.1. The van der Waals surface area contributed by atoms with E-state index in [1.807, 2.05) is 0 Å². The van der Waals surface area contributed by atoms with E-state index < -0.39 is 0 Å². The van der Waals surface area contributed by atoms with Crippen LogP contribution in [-0.4, -0.2) is 0 Å². The topological polar surface area (TPSA) is 38.0 Å². The van der Waals surface area contributed by atoms with Crippen molar-refractivity contribution in [1.82, 2.24) is 5.43 Å². The molecule has 2 heteroatoms. The quantitative estimate of drug-likeness (QED) is 0.635. The van der Waals surface area contributed by atoms with E-state index in [4.69, 9.17) is 5.84 Å². The summed E-state index contributed by atoms with van der Waals surface area (Å²) in [6, 6.07) is 9.49. The number of nitrogens with two attached hydrogens (primary N) is 1. The zero-order chi connectivity index (χ0) is 13.2. The third-order valence-electron chi connectivity index (χ3n) is 5.38. The Kier molecular flexibility index (Phi) is 3.90. The van der Waals surface area contributed by atoms with E-state index in [2.05, 4.69) is 36.6 Å². The molecule has 1 aromatic carbocycles. The van der Waals surface area contributed by atoms with Crippen LogP contribution in [0.5, 0.6) is 0 Å². The molecule has 2 fully saturated rings. The lowest BCUT2D eigenvalue weighted by Crippen LogP contribution is -2.34. The van der Waals surface area contributed by atoms with Crippen LogP contribution in [0.25, 0.3) is 0 Å². The molecule has 1 aromatic rings. The average Bonchev–Trinajstić information content (AvgIpc) is 2.75. The predicted molar refractivity (Wildman–Crippen MR) is 79.6 cm³/mol. The minimum absolute atomic E-state index is 0.331. The van der Waals surface area contributed by atoms with Gasteiger partial charge < -0.3 is 0 Å². The van der Waals surface area contributed by atoms with Crippen LogP contribution in [0, 0.1) is 11.8 Å². The molecular formula is C17H26N2. The Morgan fingerprint density at radius 3 is 2.53 bits per heavy atom. The van der Waals surface area contributed by atoms with E-state index in [1.165, 1.54) is 49.7 Å². The molecule has 0 heterocycles. The number of nitrogens with one attached hydrogen (secondary N) is 1. The molecule has 0 amide bonds. The number of rotatable bonds is 4. The Balaban J connectivity index is 1.82. The molecule has 0 bridgehead atoms. The normalized spacial score (nSPS) is 29.2. The van der Waals surface area contributed by atoms with Gasteiger partial charge >= 0.3 is 0 Å². The van der Waals surface area contributed by atoms with Gasteiger partial charge in [0.2, 0.25) is 0 Å². The summed E-state index contributed by atoms with van der Waals surface area (Å²) in [7, 11) is 0. The highest BCUT2D eigenvalue weighted by Gasteiger charge is 2.31. The Hall–Kier alpha value is -0.860. The van der Waals surface area contributed by atoms with Gasteiger partial charge in [-0.05, 0) is 48.1 Å². The summed E-state index contributed by atoms with van der Waals surface area (Å²) in [6.07, 6.45) is 8.14. The van der Waals surface area contributed by atoms with Crippen molar-refractivity contribution in [2.75, 3.05) is 0 Å². The zero-order valence-electron chi connectivity index (χ0n) is 11.9. The van der Waals surface area contributed by atoms with E-state index in [0.717, 1.165) is 11.8 Å². The van der Waals surface area contributed by atoms with Crippen LogP contribution >= 0.6 is 0 Å². The molecule has 104 valence electrons. The lowest BCUT2D eigenvalue weighted by molar-refractivity contribution is 0.304. The molecule has 0 saturated heterocycles. The molecular weight excluding hydrogens is 232 g/mol. The standard InChI is InChI=1S/C17H26N2/c1-12-5-2-10-16(12)17(19-18)15-9-4-8-14(11-15)13-6-3-7-13/h4,8-9,11-13,16-17,19H,2-3,5-7,10,18H2,1H3. The molecule has 2 aliphatic rings. The van der Waals surface area contributed by atoms with Gasteiger partial charge in [-0.3, -0.25) is 11.3 Å². The molecule has 3 unspecified atom stereocenters. The summed E-state index contributed by atoms with van der Waals surface area (Å²) in [5.41, 5.74) is 6.01. The lowest BCUT2D eigenvalue weighted by atomic mass is 9.78. The molecule has 2 aliphatic carbocycles. The van der Waals surface area contributed by atoms with Gasteiger partial charge in [0.15, 0.2) is 0 Å². The highest BCUT2D eigenvalue weighted by Crippen LogP contribution is 2.41. The first-order valence-electron chi connectivity index (χ1n) is 7.85. The van der Waals surface area contributed by atoms with Crippen molar-refractivity contribution in [2.45, 2.75) is 57.4 Å². The third-order valence-corrected chi connectivity index (χ3v) is 5.38. The maximum Gasteiger partial charge on any atom is 0.0490 e. The summed E-state index contributed by atoms with van der Waals surface area (Å²) in [5, 5.41) is 0. The molecule has 0 aromatic heterocycles. The molecule has 2 saturated carbocycles. The third kappa shape index (κ3) is 2.56. The molecule has 3 atom stereocenters. The monoisotopic (exact) mass is 258 g/mol. The van der Waals surface area contributed by atoms with Crippen LogP contribution in [0.4, 0.5) is 0 Å². The van der Waals surface area contributed by atoms with Crippen molar-refractivity contribution in [1.29, 1.82) is 0 Å². The number of hydrogen-bond donors (Lipinski definition) is 2. The largest absolute Gasteiger partial charge is 0.271 e. The second-order valence-electron chi connectivity index (χ2n) is 6.51. The van der Waals surface area contributed by atoms with Crippen LogP contribution in [0.1, 0.15) is 68.5 Å². The minimum Gasteiger partial charge on any atom is -0.271 e. The Bertz CT molecular complexity index is 425. The highest BCUT2D eigenvalue weighted by molar-refractivity contribution is 5.30. The number of hydrazine groups is 1. The summed E-state index contributed by atoms with van der Waals surface area (Å²) in [5.74, 6) is 8.16. The van der Waals surface area contributed by atoms with Crippen LogP contribution < -0.4 is 11.3 Å². The molecule has 0 aliphatic heterocycles. The van der Waals surface area contributed by atoms with E-state index in [1.54, 1.807) is 0 Å². The maximum absolute atomic E-state index is 5.87. The van der Waals surface area contributed by atoms with Crippen molar-refractivity contribution >= 4 is 0 Å². The molecule has 3 N–H and O–H groups in total. The van der Waals surface area contributed by atoms with E-state index in [0.29, 0.717) is 12.0 Å². The number of hydrogen-bond acceptors (Lipinski definition) is 2. The van der Waals surface area contributed by atoms with Gasteiger partial charge in [-0.1, -0.05) is 50.5 Å². The molecule has 2 nitrogen and oxygen atoms in total. The first-order chi connectivity index (χ1) is 9.29. The second-order valence-corrected chi connectivity index (χ2v) is 6.51. The molecule has 3 rings (SSSR count). The van der Waals surface area contributed by atoms with E-state index in [-0.39, 0.29) is 0 Å². The van der Waals surface area contributed by atoms with Crippen molar-refractivity contribution in [3.63, 3.8) is 0 Å². The molecule has 19 heavy (non-hydrogen) atoms. The fourth-order valence-electron chi connectivity index (χ4n) is 3.88. The second kappa shape index (κ2) is 5.64. The van der Waals surface area contributed by atoms with Crippen LogP contribution in [0.2, 0.25) is 0 Å². The number of benzene rings is 1. The Morgan fingerprint density at radius 1 is 1.16 bits per heavy atom. The Morgan fingerprint density at radius 2 is 1.95 bits per heavy atom. The van der Waals surface area contributed by atoms with Gasteiger partial charge in [0, 0.05) is 6.04 Å². The fourth-order valence-corrected chi connectivity index (χ4v) is 3.88. The summed E-state index contributed by atoms with van der Waals surface area (Å²) < 4.78 is 0. The maximum atomic E-state index is 5.87. The van der Waals surface area contributed by atoms with Gasteiger partial charge in [0.1, 0.15) is 0 Å². The zero-order valence-corrected chi connectivity index (χ0v) is 11.9. The molecule has 0 radical (unpaired) electrons. The van der Waals surface area contributed by atoms with Gasteiger partial charge in [-0.15, -0.1) is 0 Å². The van der Waals surface area contributed by atoms with E-state index >= 15 is 0 Å². The molecule has 0 spiro atoms. The Labute approximate surface area is 116 Å². The van der Waals surface area contributed by atoms with Crippen molar-refractivity contribution in [3.8, 4) is 0 Å². The van der Waals surface area contributed by atoms with Gasteiger partial charge in [-0.2, -0.15) is 0 Å². The lowest BCUT2D eigenvalue weighted by Gasteiger charge is -2.29. The van der Waals surface area contributed by atoms with Crippen molar-refractivity contribution < 1.29 is 0 Å². The summed E-state index contributed by atoms with van der Waals surface area (Å²) in [4.78, 5) is 0. The smallest absolute Gasteiger partial charge is 0.0490 e. The fraction of sp³-hybridized carbons (Fsp3) is 0.647. The van der Waals surface area contributed by atoms with Crippen molar-refractivity contribution in [3.05, 3.63) is 35.4 Å². The average molecular weight is 258 g/mol. The van der Waals surface area contributed by atoms with Crippen LogP contribution in [0.15, 0.2) is 24.3 Å². The SMILES string of the molecule is CC1CCCC1C(NN)c1cccc(C2CCC2)c1. The van der Waals surface area contributed by atoms with Crippen molar-refractivity contribution in [2.24, 2.45) is 17.7 Å². The van der Waals surface area contributed by atoms with Gasteiger partial charge in [-0.25, -0.2) is 0 Å².